The van der Waals surface area contributed by atoms with E-state index in [9.17, 15) is 4.79 Å². The Balaban J connectivity index is 1.97. The third kappa shape index (κ3) is 3.39. The van der Waals surface area contributed by atoms with Crippen molar-refractivity contribution in [1.29, 1.82) is 0 Å². The summed E-state index contributed by atoms with van der Waals surface area (Å²) in [6.45, 7) is 7.67. The summed E-state index contributed by atoms with van der Waals surface area (Å²) in [5, 5.41) is 6.94. The normalized spacial score (nSPS) is 11.3. The first-order chi connectivity index (χ1) is 11.7. The molecule has 0 unspecified atom stereocenters. The molecule has 0 spiro atoms. The summed E-state index contributed by atoms with van der Waals surface area (Å²) in [6, 6.07) is 17.9. The van der Waals surface area contributed by atoms with E-state index >= 15 is 0 Å². The predicted molar refractivity (Wildman–Crippen MR) is 99.2 cm³/mol. The molecule has 0 saturated carbocycles. The van der Waals surface area contributed by atoms with Crippen LogP contribution < -0.4 is 5.56 Å². The molecule has 4 heteroatoms. The summed E-state index contributed by atoms with van der Waals surface area (Å²) in [7, 11) is 0. The van der Waals surface area contributed by atoms with Crippen molar-refractivity contribution in [2.45, 2.75) is 20.4 Å². The maximum atomic E-state index is 12.1. The van der Waals surface area contributed by atoms with Crippen molar-refractivity contribution in [3.8, 4) is 11.3 Å². The molecule has 3 rings (SSSR count). The van der Waals surface area contributed by atoms with Crippen molar-refractivity contribution in [2.75, 3.05) is 19.6 Å². The summed E-state index contributed by atoms with van der Waals surface area (Å²) in [6.07, 6.45) is 0. The summed E-state index contributed by atoms with van der Waals surface area (Å²) in [5.41, 5.74) is 1.85. The molecule has 0 N–H and O–H groups in total. The molecule has 0 aliphatic rings. The average molecular weight is 321 g/mol. The molecule has 0 aliphatic heterocycles. The molecule has 124 valence electrons. The van der Waals surface area contributed by atoms with Crippen LogP contribution in [0.25, 0.3) is 22.0 Å². The minimum atomic E-state index is -0.0499. The molecule has 0 fully saturated rings. The van der Waals surface area contributed by atoms with E-state index in [4.69, 9.17) is 0 Å². The van der Waals surface area contributed by atoms with Crippen LogP contribution in [0.3, 0.4) is 0 Å². The lowest BCUT2D eigenvalue weighted by molar-refractivity contribution is 0.283. The minimum absolute atomic E-state index is 0.0499. The van der Waals surface area contributed by atoms with E-state index in [1.54, 1.807) is 10.7 Å². The number of aromatic nitrogens is 2. The van der Waals surface area contributed by atoms with Gasteiger partial charge in [0.1, 0.15) is 0 Å². The van der Waals surface area contributed by atoms with E-state index in [2.05, 4.69) is 48.1 Å². The van der Waals surface area contributed by atoms with Crippen LogP contribution in [0.5, 0.6) is 0 Å². The Morgan fingerprint density at radius 2 is 1.71 bits per heavy atom. The topological polar surface area (TPSA) is 38.1 Å². The van der Waals surface area contributed by atoms with Gasteiger partial charge in [0.15, 0.2) is 0 Å². The van der Waals surface area contributed by atoms with Crippen molar-refractivity contribution in [2.24, 2.45) is 0 Å². The number of nitrogens with zero attached hydrogens (tertiary/aromatic N) is 3. The van der Waals surface area contributed by atoms with Gasteiger partial charge in [-0.1, -0.05) is 56.3 Å². The van der Waals surface area contributed by atoms with Crippen molar-refractivity contribution >= 4 is 10.8 Å². The van der Waals surface area contributed by atoms with E-state index in [1.165, 1.54) is 5.39 Å². The van der Waals surface area contributed by atoms with Crippen molar-refractivity contribution in [3.05, 3.63) is 65.0 Å². The minimum Gasteiger partial charge on any atom is -0.302 e. The number of likely N-dealkylation sites (N-methyl/N-ethyl adjacent to an activating group) is 1. The SMILES string of the molecule is CCN(CC)CCn1nc(-c2cccc3ccccc23)ccc1=O. The zero-order valence-corrected chi connectivity index (χ0v) is 14.3. The van der Waals surface area contributed by atoms with Gasteiger partial charge in [-0.05, 0) is 29.9 Å². The van der Waals surface area contributed by atoms with Gasteiger partial charge in [-0.3, -0.25) is 4.79 Å². The van der Waals surface area contributed by atoms with Gasteiger partial charge in [-0.2, -0.15) is 5.10 Å². The Kier molecular flexibility index (Phi) is 5.06. The second-order valence-electron chi connectivity index (χ2n) is 5.83. The fourth-order valence-electron chi connectivity index (χ4n) is 2.98. The molecule has 1 aromatic heterocycles. The maximum absolute atomic E-state index is 12.1. The number of hydrogen-bond acceptors (Lipinski definition) is 3. The quantitative estimate of drug-likeness (QED) is 0.698. The van der Waals surface area contributed by atoms with E-state index in [0.29, 0.717) is 6.54 Å². The van der Waals surface area contributed by atoms with E-state index in [1.807, 2.05) is 24.3 Å². The third-order valence-corrected chi connectivity index (χ3v) is 4.45. The van der Waals surface area contributed by atoms with Crippen molar-refractivity contribution < 1.29 is 0 Å². The van der Waals surface area contributed by atoms with Gasteiger partial charge in [0.25, 0.3) is 5.56 Å². The number of rotatable bonds is 6. The molecule has 0 aliphatic carbocycles. The first-order valence-corrected chi connectivity index (χ1v) is 8.51. The van der Waals surface area contributed by atoms with Crippen LogP contribution in [0.2, 0.25) is 0 Å². The molecule has 0 amide bonds. The third-order valence-electron chi connectivity index (χ3n) is 4.45. The van der Waals surface area contributed by atoms with E-state index in [-0.39, 0.29) is 5.56 Å². The summed E-state index contributed by atoms with van der Waals surface area (Å²) in [4.78, 5) is 14.4. The molecule has 0 saturated heterocycles. The van der Waals surface area contributed by atoms with Crippen LogP contribution in [0.4, 0.5) is 0 Å². The monoisotopic (exact) mass is 321 g/mol. The van der Waals surface area contributed by atoms with Crippen LogP contribution in [0, 0.1) is 0 Å². The van der Waals surface area contributed by atoms with Gasteiger partial charge >= 0.3 is 0 Å². The summed E-state index contributed by atoms with van der Waals surface area (Å²) >= 11 is 0. The number of benzene rings is 2. The summed E-state index contributed by atoms with van der Waals surface area (Å²) in [5.74, 6) is 0. The van der Waals surface area contributed by atoms with Crippen LogP contribution in [-0.4, -0.2) is 34.3 Å². The molecule has 2 aromatic carbocycles. The standard InChI is InChI=1S/C20H23N3O/c1-3-22(4-2)14-15-23-20(24)13-12-19(21-23)18-11-7-9-16-8-5-6-10-17(16)18/h5-13H,3-4,14-15H2,1-2H3. The van der Waals surface area contributed by atoms with Gasteiger partial charge in [-0.25, -0.2) is 4.68 Å². The van der Waals surface area contributed by atoms with Crippen LogP contribution in [-0.2, 0) is 6.54 Å². The fraction of sp³-hybridized carbons (Fsp3) is 0.300. The molecule has 0 atom stereocenters. The van der Waals surface area contributed by atoms with Crippen LogP contribution in [0.1, 0.15) is 13.8 Å². The highest BCUT2D eigenvalue weighted by atomic mass is 16.1. The fourth-order valence-corrected chi connectivity index (χ4v) is 2.98. The summed E-state index contributed by atoms with van der Waals surface area (Å²) < 4.78 is 1.58. The molecule has 4 nitrogen and oxygen atoms in total. The molecule has 1 heterocycles. The lowest BCUT2D eigenvalue weighted by Crippen LogP contribution is -2.32. The predicted octanol–water partition coefficient (Wildman–Crippen LogP) is 3.41. The molecule has 24 heavy (non-hydrogen) atoms. The Labute approximate surface area is 142 Å². The van der Waals surface area contributed by atoms with Gasteiger partial charge < -0.3 is 4.90 Å². The molecular formula is C20H23N3O. The Morgan fingerprint density at radius 3 is 2.50 bits per heavy atom. The smallest absolute Gasteiger partial charge is 0.266 e. The van der Waals surface area contributed by atoms with Gasteiger partial charge in [0.05, 0.1) is 12.2 Å². The van der Waals surface area contributed by atoms with Crippen molar-refractivity contribution in [3.63, 3.8) is 0 Å². The highest BCUT2D eigenvalue weighted by molar-refractivity contribution is 5.95. The van der Waals surface area contributed by atoms with Crippen molar-refractivity contribution in [1.82, 2.24) is 14.7 Å². The zero-order chi connectivity index (χ0) is 16.9. The first kappa shape index (κ1) is 16.4. The van der Waals surface area contributed by atoms with Crippen LogP contribution >= 0.6 is 0 Å². The Morgan fingerprint density at radius 1 is 0.958 bits per heavy atom. The zero-order valence-electron chi connectivity index (χ0n) is 14.3. The second kappa shape index (κ2) is 7.41. The van der Waals surface area contributed by atoms with Gasteiger partial charge in [0, 0.05) is 18.2 Å². The van der Waals surface area contributed by atoms with Crippen LogP contribution in [0.15, 0.2) is 59.4 Å². The first-order valence-electron chi connectivity index (χ1n) is 8.51. The largest absolute Gasteiger partial charge is 0.302 e. The van der Waals surface area contributed by atoms with Gasteiger partial charge in [-0.15, -0.1) is 0 Å². The molecule has 0 radical (unpaired) electrons. The molecule has 0 bridgehead atoms. The molecular weight excluding hydrogens is 298 g/mol. The lowest BCUT2D eigenvalue weighted by Gasteiger charge is -2.18. The Hall–Kier alpha value is -2.46. The molecule has 3 aromatic rings. The van der Waals surface area contributed by atoms with E-state index < -0.39 is 0 Å². The Bertz CT molecular complexity index is 876. The number of fused-ring (bicyclic) bond motifs is 1. The lowest BCUT2D eigenvalue weighted by atomic mass is 10.0. The van der Waals surface area contributed by atoms with Gasteiger partial charge in [0.2, 0.25) is 0 Å². The highest BCUT2D eigenvalue weighted by Gasteiger charge is 2.08. The number of hydrogen-bond donors (Lipinski definition) is 0. The van der Waals surface area contributed by atoms with E-state index in [0.717, 1.165) is 36.3 Å². The average Bonchev–Trinajstić information content (AvgIpc) is 2.63. The maximum Gasteiger partial charge on any atom is 0.266 e. The second-order valence-corrected chi connectivity index (χ2v) is 5.83. The highest BCUT2D eigenvalue weighted by Crippen LogP contribution is 2.26.